The molecule has 0 aliphatic rings. The van der Waals surface area contributed by atoms with Crippen LogP contribution in [0, 0.1) is 0 Å². The Morgan fingerprint density at radius 1 is 0.952 bits per heavy atom. The monoisotopic (exact) mass is 282 g/mol. The Hall–Kier alpha value is -1.67. The molecule has 1 heterocycles. The maximum absolute atomic E-state index is 4.42. The molecule has 0 radical (unpaired) electrons. The molecule has 1 aromatic carbocycles. The van der Waals surface area contributed by atoms with E-state index in [9.17, 15) is 0 Å². The van der Waals surface area contributed by atoms with Crippen LogP contribution in [0.5, 0.6) is 0 Å². The zero-order valence-electron chi connectivity index (χ0n) is 13.0. The molecule has 2 rings (SSSR count). The van der Waals surface area contributed by atoms with Crippen LogP contribution in [0.1, 0.15) is 37.4 Å². The Morgan fingerprint density at radius 3 is 2.43 bits per heavy atom. The van der Waals surface area contributed by atoms with Crippen LogP contribution in [0.2, 0.25) is 0 Å². The number of aryl methyl sites for hydroxylation is 2. The van der Waals surface area contributed by atoms with E-state index in [4.69, 9.17) is 0 Å². The molecule has 0 fully saturated rings. The van der Waals surface area contributed by atoms with Crippen molar-refractivity contribution in [1.29, 1.82) is 0 Å². The van der Waals surface area contributed by atoms with Crippen LogP contribution < -0.4 is 5.32 Å². The van der Waals surface area contributed by atoms with Gasteiger partial charge < -0.3 is 5.32 Å². The molecule has 0 spiro atoms. The van der Waals surface area contributed by atoms with Crippen molar-refractivity contribution in [3.63, 3.8) is 0 Å². The molecule has 1 atom stereocenters. The maximum atomic E-state index is 4.42. The summed E-state index contributed by atoms with van der Waals surface area (Å²) in [7, 11) is 0. The first kappa shape index (κ1) is 15.7. The van der Waals surface area contributed by atoms with Gasteiger partial charge in [-0.3, -0.25) is 4.98 Å². The van der Waals surface area contributed by atoms with Gasteiger partial charge in [0.15, 0.2) is 0 Å². The van der Waals surface area contributed by atoms with Crippen LogP contribution in [-0.2, 0) is 12.8 Å². The molecule has 2 aromatic rings. The van der Waals surface area contributed by atoms with Gasteiger partial charge in [0, 0.05) is 17.9 Å². The molecule has 0 saturated heterocycles. The van der Waals surface area contributed by atoms with Gasteiger partial charge >= 0.3 is 0 Å². The van der Waals surface area contributed by atoms with Crippen molar-refractivity contribution in [2.24, 2.45) is 0 Å². The quantitative estimate of drug-likeness (QED) is 0.751. The second kappa shape index (κ2) is 9.30. The van der Waals surface area contributed by atoms with Crippen LogP contribution in [0.3, 0.4) is 0 Å². The number of hydrogen-bond donors (Lipinski definition) is 1. The average molecular weight is 282 g/mol. The van der Waals surface area contributed by atoms with Gasteiger partial charge in [-0.2, -0.15) is 0 Å². The van der Waals surface area contributed by atoms with Gasteiger partial charge in [-0.25, -0.2) is 0 Å². The molecule has 0 aliphatic heterocycles. The maximum Gasteiger partial charge on any atom is 0.0404 e. The van der Waals surface area contributed by atoms with Crippen molar-refractivity contribution in [2.75, 3.05) is 6.54 Å². The molecule has 2 nitrogen and oxygen atoms in total. The van der Waals surface area contributed by atoms with E-state index in [0.29, 0.717) is 6.04 Å². The zero-order chi connectivity index (χ0) is 14.8. The van der Waals surface area contributed by atoms with E-state index in [-0.39, 0.29) is 0 Å². The fourth-order valence-electron chi connectivity index (χ4n) is 2.55. The summed E-state index contributed by atoms with van der Waals surface area (Å²) in [5, 5.41) is 3.68. The van der Waals surface area contributed by atoms with Gasteiger partial charge in [0.1, 0.15) is 0 Å². The molecule has 0 bridgehead atoms. The van der Waals surface area contributed by atoms with E-state index >= 15 is 0 Å². The van der Waals surface area contributed by atoms with Gasteiger partial charge in [0.05, 0.1) is 0 Å². The minimum Gasteiger partial charge on any atom is -0.314 e. The first-order valence-electron chi connectivity index (χ1n) is 8.05. The van der Waals surface area contributed by atoms with E-state index in [1.165, 1.54) is 24.1 Å². The lowest BCUT2D eigenvalue weighted by molar-refractivity contribution is 0.451. The molecule has 1 N–H and O–H groups in total. The largest absolute Gasteiger partial charge is 0.314 e. The number of rotatable bonds is 9. The summed E-state index contributed by atoms with van der Waals surface area (Å²) in [5.74, 6) is 0. The minimum atomic E-state index is 0.576. The summed E-state index contributed by atoms with van der Waals surface area (Å²) in [6.45, 7) is 3.32. The highest BCUT2D eigenvalue weighted by molar-refractivity contribution is 5.14. The number of hydrogen-bond acceptors (Lipinski definition) is 2. The molecular formula is C19H26N2. The summed E-state index contributed by atoms with van der Waals surface area (Å²) in [5.41, 5.74) is 2.62. The highest BCUT2D eigenvalue weighted by atomic mass is 14.9. The van der Waals surface area contributed by atoms with Gasteiger partial charge in [-0.1, -0.05) is 43.3 Å². The highest BCUT2D eigenvalue weighted by Crippen LogP contribution is 2.10. The SMILES string of the molecule is CCCNC(CCc1ccccc1)CCc1ccccn1. The summed E-state index contributed by atoms with van der Waals surface area (Å²) >= 11 is 0. The summed E-state index contributed by atoms with van der Waals surface area (Å²) in [6.07, 6.45) is 7.61. The van der Waals surface area contributed by atoms with Crippen molar-refractivity contribution >= 4 is 0 Å². The fraction of sp³-hybridized carbons (Fsp3) is 0.421. The summed E-state index contributed by atoms with van der Waals surface area (Å²) in [6, 6.07) is 17.5. The average Bonchev–Trinajstić information content (AvgIpc) is 2.56. The standard InChI is InChI=1S/C19H26N2/c1-2-15-20-19(12-11-17-8-4-3-5-9-17)14-13-18-10-6-7-16-21-18/h3-10,16,19-20H,2,11-15H2,1H3. The Kier molecular flexibility index (Phi) is 6.96. The van der Waals surface area contributed by atoms with Crippen LogP contribution in [-0.4, -0.2) is 17.6 Å². The van der Waals surface area contributed by atoms with Gasteiger partial charge in [0.25, 0.3) is 0 Å². The van der Waals surface area contributed by atoms with E-state index in [1.807, 2.05) is 12.3 Å². The topological polar surface area (TPSA) is 24.9 Å². The molecule has 2 heteroatoms. The van der Waals surface area contributed by atoms with Crippen molar-refractivity contribution in [2.45, 2.75) is 45.1 Å². The molecule has 21 heavy (non-hydrogen) atoms. The van der Waals surface area contributed by atoms with E-state index in [0.717, 1.165) is 25.8 Å². The first-order valence-corrected chi connectivity index (χ1v) is 8.05. The Labute approximate surface area is 128 Å². The highest BCUT2D eigenvalue weighted by Gasteiger charge is 2.08. The Morgan fingerprint density at radius 2 is 1.71 bits per heavy atom. The molecule has 0 amide bonds. The fourth-order valence-corrected chi connectivity index (χ4v) is 2.55. The third kappa shape index (κ3) is 6.09. The molecule has 1 aromatic heterocycles. The van der Waals surface area contributed by atoms with Crippen molar-refractivity contribution in [3.8, 4) is 0 Å². The van der Waals surface area contributed by atoms with Crippen LogP contribution in [0.15, 0.2) is 54.7 Å². The predicted molar refractivity (Wildman–Crippen MR) is 89.4 cm³/mol. The van der Waals surface area contributed by atoms with Crippen LogP contribution in [0.25, 0.3) is 0 Å². The number of aromatic nitrogens is 1. The van der Waals surface area contributed by atoms with Crippen LogP contribution in [0.4, 0.5) is 0 Å². The lowest BCUT2D eigenvalue weighted by Gasteiger charge is -2.18. The van der Waals surface area contributed by atoms with Crippen molar-refractivity contribution < 1.29 is 0 Å². The molecule has 112 valence electrons. The van der Waals surface area contributed by atoms with E-state index in [2.05, 4.69) is 59.7 Å². The number of benzene rings is 1. The molecular weight excluding hydrogens is 256 g/mol. The predicted octanol–water partition coefficient (Wildman–Crippen LogP) is 4.02. The lowest BCUT2D eigenvalue weighted by atomic mass is 10.0. The third-order valence-corrected chi connectivity index (χ3v) is 3.78. The van der Waals surface area contributed by atoms with E-state index < -0.39 is 0 Å². The van der Waals surface area contributed by atoms with Crippen LogP contribution >= 0.6 is 0 Å². The molecule has 0 saturated carbocycles. The zero-order valence-corrected chi connectivity index (χ0v) is 13.0. The molecule has 1 unspecified atom stereocenters. The van der Waals surface area contributed by atoms with Crippen molar-refractivity contribution in [3.05, 3.63) is 66.0 Å². The van der Waals surface area contributed by atoms with Gasteiger partial charge in [0.2, 0.25) is 0 Å². The lowest BCUT2D eigenvalue weighted by Crippen LogP contribution is -2.30. The Balaban J connectivity index is 1.82. The normalized spacial score (nSPS) is 12.2. The smallest absolute Gasteiger partial charge is 0.0404 e. The van der Waals surface area contributed by atoms with E-state index in [1.54, 1.807) is 0 Å². The second-order valence-corrected chi connectivity index (χ2v) is 5.54. The van der Waals surface area contributed by atoms with Gasteiger partial charge in [-0.15, -0.1) is 0 Å². The second-order valence-electron chi connectivity index (χ2n) is 5.54. The minimum absolute atomic E-state index is 0.576. The number of nitrogens with zero attached hydrogens (tertiary/aromatic N) is 1. The van der Waals surface area contributed by atoms with Crippen molar-refractivity contribution in [1.82, 2.24) is 10.3 Å². The molecule has 0 aliphatic carbocycles. The Bertz CT molecular complexity index is 438. The number of pyridine rings is 1. The first-order chi connectivity index (χ1) is 10.4. The van der Waals surface area contributed by atoms with Gasteiger partial charge in [-0.05, 0) is 56.3 Å². The third-order valence-electron chi connectivity index (χ3n) is 3.78. The summed E-state index contributed by atoms with van der Waals surface area (Å²) in [4.78, 5) is 4.42. The summed E-state index contributed by atoms with van der Waals surface area (Å²) < 4.78 is 0. The number of nitrogens with one attached hydrogen (secondary N) is 1.